The van der Waals surface area contributed by atoms with E-state index in [1.54, 1.807) is 4.68 Å². The van der Waals surface area contributed by atoms with Gasteiger partial charge in [0.1, 0.15) is 5.82 Å². The van der Waals surface area contributed by atoms with E-state index in [1.165, 1.54) is 12.8 Å². The molecular weight excluding hydrogens is 150 g/mol. The van der Waals surface area contributed by atoms with Gasteiger partial charge >= 0.3 is 0 Å². The van der Waals surface area contributed by atoms with Crippen LogP contribution in [0.15, 0.2) is 6.07 Å². The van der Waals surface area contributed by atoms with Crippen molar-refractivity contribution < 1.29 is 0 Å². The molecule has 66 valence electrons. The molecule has 1 aliphatic carbocycles. The number of aryl methyl sites for hydroxylation is 1. The molecule has 1 fully saturated rings. The molecule has 0 radical (unpaired) electrons. The summed E-state index contributed by atoms with van der Waals surface area (Å²) in [5, 5.41) is 4.33. The molecule has 0 spiro atoms. The van der Waals surface area contributed by atoms with E-state index >= 15 is 0 Å². The number of nitrogen functional groups attached to an aromatic ring is 1. The Bertz CT molecular complexity index is 277. The number of rotatable bonds is 2. The third-order valence-corrected chi connectivity index (χ3v) is 2.68. The largest absolute Gasteiger partial charge is 0.384 e. The molecule has 1 saturated carbocycles. The lowest BCUT2D eigenvalue weighted by molar-refractivity contribution is 0.554. The molecule has 3 nitrogen and oxygen atoms in total. The van der Waals surface area contributed by atoms with Crippen LogP contribution in [0.25, 0.3) is 0 Å². The predicted molar refractivity (Wildman–Crippen MR) is 48.7 cm³/mol. The van der Waals surface area contributed by atoms with Crippen molar-refractivity contribution in [3.8, 4) is 0 Å². The first kappa shape index (κ1) is 7.65. The smallest absolute Gasteiger partial charge is 0.121 e. The first-order chi connectivity index (χ1) is 5.59. The molecule has 1 aromatic rings. The third kappa shape index (κ3) is 1.31. The van der Waals surface area contributed by atoms with Crippen LogP contribution < -0.4 is 5.73 Å². The SMILES string of the molecule is Cn1nc(CC2(C)CC2)cc1N. The van der Waals surface area contributed by atoms with Crippen LogP contribution in [0.3, 0.4) is 0 Å². The second kappa shape index (κ2) is 2.25. The zero-order valence-corrected chi connectivity index (χ0v) is 7.67. The summed E-state index contributed by atoms with van der Waals surface area (Å²) in [6.45, 7) is 2.30. The van der Waals surface area contributed by atoms with Crippen molar-refractivity contribution >= 4 is 5.82 Å². The molecule has 0 saturated heterocycles. The molecule has 1 heterocycles. The van der Waals surface area contributed by atoms with E-state index in [4.69, 9.17) is 5.73 Å². The number of nitrogens with two attached hydrogens (primary N) is 1. The molecule has 0 aliphatic heterocycles. The Morgan fingerprint density at radius 3 is 2.75 bits per heavy atom. The monoisotopic (exact) mass is 165 g/mol. The van der Waals surface area contributed by atoms with E-state index in [0.717, 1.165) is 17.9 Å². The fourth-order valence-corrected chi connectivity index (χ4v) is 1.46. The Morgan fingerprint density at radius 1 is 1.67 bits per heavy atom. The summed E-state index contributed by atoms with van der Waals surface area (Å²) < 4.78 is 1.74. The van der Waals surface area contributed by atoms with Crippen molar-refractivity contribution in [1.82, 2.24) is 9.78 Å². The maximum atomic E-state index is 5.68. The lowest BCUT2D eigenvalue weighted by atomic mass is 10.0. The standard InChI is InChI=1S/C9H15N3/c1-9(3-4-9)6-7-5-8(10)12(2)11-7/h5H,3-4,6,10H2,1-2H3. The maximum Gasteiger partial charge on any atom is 0.121 e. The van der Waals surface area contributed by atoms with Crippen LogP contribution in [0.4, 0.5) is 5.82 Å². The van der Waals surface area contributed by atoms with Gasteiger partial charge in [-0.3, -0.25) is 4.68 Å². The van der Waals surface area contributed by atoms with Crippen LogP contribution in [-0.2, 0) is 13.5 Å². The summed E-state index contributed by atoms with van der Waals surface area (Å²) in [4.78, 5) is 0. The first-order valence-corrected chi connectivity index (χ1v) is 4.37. The summed E-state index contributed by atoms with van der Waals surface area (Å²) in [5.41, 5.74) is 7.34. The van der Waals surface area contributed by atoms with Gasteiger partial charge in [0.05, 0.1) is 5.69 Å². The van der Waals surface area contributed by atoms with Gasteiger partial charge in [-0.1, -0.05) is 6.92 Å². The highest BCUT2D eigenvalue weighted by atomic mass is 15.3. The second-order valence-corrected chi connectivity index (χ2v) is 4.17. The molecule has 0 bridgehead atoms. The van der Waals surface area contributed by atoms with Gasteiger partial charge in [-0.15, -0.1) is 0 Å². The summed E-state index contributed by atoms with van der Waals surface area (Å²) >= 11 is 0. The average Bonchev–Trinajstić information content (AvgIpc) is 2.59. The minimum atomic E-state index is 0.529. The van der Waals surface area contributed by atoms with E-state index in [2.05, 4.69) is 12.0 Å². The highest BCUT2D eigenvalue weighted by Crippen LogP contribution is 2.47. The highest BCUT2D eigenvalue weighted by Gasteiger charge is 2.37. The fourth-order valence-electron chi connectivity index (χ4n) is 1.46. The van der Waals surface area contributed by atoms with E-state index in [-0.39, 0.29) is 0 Å². The quantitative estimate of drug-likeness (QED) is 0.718. The number of aromatic nitrogens is 2. The Labute approximate surface area is 72.6 Å². The predicted octanol–water partition coefficient (Wildman–Crippen LogP) is 1.34. The molecule has 2 rings (SSSR count). The lowest BCUT2D eigenvalue weighted by Gasteiger charge is -2.02. The van der Waals surface area contributed by atoms with E-state index < -0.39 is 0 Å². The molecule has 0 amide bonds. The van der Waals surface area contributed by atoms with Gasteiger partial charge in [0, 0.05) is 13.1 Å². The van der Waals surface area contributed by atoms with Crippen LogP contribution in [0.5, 0.6) is 0 Å². The summed E-state index contributed by atoms with van der Waals surface area (Å²) in [6.07, 6.45) is 3.75. The van der Waals surface area contributed by atoms with Crippen molar-refractivity contribution in [2.75, 3.05) is 5.73 Å². The fraction of sp³-hybridized carbons (Fsp3) is 0.667. The summed E-state index contributed by atoms with van der Waals surface area (Å²) in [5.74, 6) is 0.759. The maximum absolute atomic E-state index is 5.68. The van der Waals surface area contributed by atoms with Crippen LogP contribution in [0, 0.1) is 5.41 Å². The van der Waals surface area contributed by atoms with Gasteiger partial charge in [0.25, 0.3) is 0 Å². The molecule has 1 aliphatic rings. The van der Waals surface area contributed by atoms with Crippen molar-refractivity contribution in [1.29, 1.82) is 0 Å². The van der Waals surface area contributed by atoms with E-state index in [0.29, 0.717) is 5.41 Å². The Kier molecular flexibility index (Phi) is 1.43. The Balaban J connectivity index is 2.13. The molecule has 2 N–H and O–H groups in total. The summed E-state index contributed by atoms with van der Waals surface area (Å²) in [7, 11) is 1.88. The zero-order valence-electron chi connectivity index (χ0n) is 7.67. The highest BCUT2D eigenvalue weighted by molar-refractivity contribution is 5.31. The van der Waals surface area contributed by atoms with Gasteiger partial charge in [-0.05, 0) is 24.7 Å². The van der Waals surface area contributed by atoms with Gasteiger partial charge in [0.2, 0.25) is 0 Å². The molecule has 1 aromatic heterocycles. The minimum Gasteiger partial charge on any atom is -0.384 e. The van der Waals surface area contributed by atoms with Crippen LogP contribution in [0.1, 0.15) is 25.5 Å². The molecule has 0 aromatic carbocycles. The zero-order chi connectivity index (χ0) is 8.77. The Morgan fingerprint density at radius 2 is 2.33 bits per heavy atom. The average molecular weight is 165 g/mol. The van der Waals surface area contributed by atoms with Crippen molar-refractivity contribution in [3.05, 3.63) is 11.8 Å². The number of nitrogens with zero attached hydrogens (tertiary/aromatic N) is 2. The molecule has 12 heavy (non-hydrogen) atoms. The molecule has 0 unspecified atom stereocenters. The minimum absolute atomic E-state index is 0.529. The van der Waals surface area contributed by atoms with Crippen molar-refractivity contribution in [2.24, 2.45) is 12.5 Å². The van der Waals surface area contributed by atoms with Crippen molar-refractivity contribution in [2.45, 2.75) is 26.2 Å². The summed E-state index contributed by atoms with van der Waals surface area (Å²) in [6, 6.07) is 1.98. The van der Waals surface area contributed by atoms with Gasteiger partial charge in [0.15, 0.2) is 0 Å². The van der Waals surface area contributed by atoms with Crippen LogP contribution >= 0.6 is 0 Å². The molecule has 3 heteroatoms. The van der Waals surface area contributed by atoms with E-state index in [9.17, 15) is 0 Å². The number of hydrogen-bond acceptors (Lipinski definition) is 2. The van der Waals surface area contributed by atoms with Gasteiger partial charge in [-0.25, -0.2) is 0 Å². The van der Waals surface area contributed by atoms with Gasteiger partial charge in [-0.2, -0.15) is 5.10 Å². The number of anilines is 1. The topological polar surface area (TPSA) is 43.8 Å². The van der Waals surface area contributed by atoms with Crippen LogP contribution in [-0.4, -0.2) is 9.78 Å². The third-order valence-electron chi connectivity index (χ3n) is 2.68. The van der Waals surface area contributed by atoms with Gasteiger partial charge < -0.3 is 5.73 Å². The van der Waals surface area contributed by atoms with E-state index in [1.807, 2.05) is 13.1 Å². The first-order valence-electron chi connectivity index (χ1n) is 4.37. The van der Waals surface area contributed by atoms with Crippen molar-refractivity contribution in [3.63, 3.8) is 0 Å². The number of hydrogen-bond donors (Lipinski definition) is 1. The molecule has 0 atom stereocenters. The lowest BCUT2D eigenvalue weighted by Crippen LogP contribution is -2.01. The second-order valence-electron chi connectivity index (χ2n) is 4.17. The molecular formula is C9H15N3. The normalized spacial score (nSPS) is 19.5. The Hall–Kier alpha value is -0.990. The van der Waals surface area contributed by atoms with Crippen LogP contribution in [0.2, 0.25) is 0 Å².